The van der Waals surface area contributed by atoms with Crippen LogP contribution in [0, 0.1) is 0 Å². The Morgan fingerprint density at radius 1 is 1.23 bits per heavy atom. The summed E-state index contributed by atoms with van der Waals surface area (Å²) in [5.41, 5.74) is 3.50. The number of carbonyl (C=O) groups is 1. The summed E-state index contributed by atoms with van der Waals surface area (Å²) in [4.78, 5) is 18.8. The summed E-state index contributed by atoms with van der Waals surface area (Å²) in [7, 11) is 0. The fourth-order valence-corrected chi connectivity index (χ4v) is 4.68. The Hall–Kier alpha value is -1.69. The number of thiophene rings is 1. The Kier molecular flexibility index (Phi) is 3.48. The molecule has 0 saturated heterocycles. The van der Waals surface area contributed by atoms with Crippen molar-refractivity contribution < 1.29 is 4.79 Å². The smallest absolute Gasteiger partial charge is 0.231 e. The van der Waals surface area contributed by atoms with Crippen LogP contribution in [-0.4, -0.2) is 10.9 Å². The van der Waals surface area contributed by atoms with Crippen molar-refractivity contribution >= 4 is 45.3 Å². The molecule has 1 aromatic carbocycles. The third kappa shape index (κ3) is 2.56. The van der Waals surface area contributed by atoms with Crippen molar-refractivity contribution in [3.8, 4) is 11.3 Å². The number of aromatic nitrogens is 1. The van der Waals surface area contributed by atoms with Crippen LogP contribution in [0.2, 0.25) is 4.34 Å². The van der Waals surface area contributed by atoms with E-state index in [1.807, 2.05) is 24.3 Å². The lowest BCUT2D eigenvalue weighted by atomic mass is 10.1. The number of nitrogens with one attached hydrogen (secondary N) is 1. The van der Waals surface area contributed by atoms with E-state index in [0.717, 1.165) is 17.0 Å². The number of thiazole rings is 1. The molecule has 4 rings (SSSR count). The Morgan fingerprint density at radius 3 is 2.91 bits per heavy atom. The highest BCUT2D eigenvalue weighted by Crippen LogP contribution is 2.40. The minimum absolute atomic E-state index is 0.0563. The molecular formula is C16H11ClN2OS2. The molecule has 1 aliphatic rings. The maximum atomic E-state index is 12.1. The molecule has 1 aliphatic carbocycles. The lowest BCUT2D eigenvalue weighted by molar-refractivity contribution is -0.115. The molecule has 0 radical (unpaired) electrons. The summed E-state index contributed by atoms with van der Waals surface area (Å²) < 4.78 is 0.702. The Bertz CT molecular complexity index is 869. The molecule has 0 fully saturated rings. The average molecular weight is 347 g/mol. The van der Waals surface area contributed by atoms with Gasteiger partial charge in [0.2, 0.25) is 5.91 Å². The van der Waals surface area contributed by atoms with E-state index in [2.05, 4.69) is 22.4 Å². The number of hydrogen-bond donors (Lipinski definition) is 1. The van der Waals surface area contributed by atoms with Gasteiger partial charge in [-0.05, 0) is 17.7 Å². The predicted octanol–water partition coefficient (Wildman–Crippen LogP) is 4.61. The zero-order valence-corrected chi connectivity index (χ0v) is 13.8. The first-order valence-corrected chi connectivity index (χ1v) is 8.82. The molecule has 3 aromatic rings. The van der Waals surface area contributed by atoms with Gasteiger partial charge in [0.05, 0.1) is 16.5 Å². The zero-order chi connectivity index (χ0) is 15.1. The number of halogens is 1. The number of benzene rings is 1. The van der Waals surface area contributed by atoms with Gasteiger partial charge >= 0.3 is 0 Å². The van der Waals surface area contributed by atoms with Crippen molar-refractivity contribution in [2.75, 3.05) is 5.32 Å². The third-order valence-corrected chi connectivity index (χ3v) is 5.73. The number of amides is 1. The van der Waals surface area contributed by atoms with E-state index in [1.54, 1.807) is 11.3 Å². The highest BCUT2D eigenvalue weighted by atomic mass is 35.5. The highest BCUT2D eigenvalue weighted by Gasteiger charge is 2.23. The molecule has 0 atom stereocenters. The molecular weight excluding hydrogens is 336 g/mol. The summed E-state index contributed by atoms with van der Waals surface area (Å²) in [6, 6.07) is 12.0. The molecule has 0 bridgehead atoms. The van der Waals surface area contributed by atoms with Crippen molar-refractivity contribution in [3.05, 3.63) is 56.1 Å². The highest BCUT2D eigenvalue weighted by molar-refractivity contribution is 7.16. The van der Waals surface area contributed by atoms with Crippen LogP contribution in [0.4, 0.5) is 5.13 Å². The maximum absolute atomic E-state index is 12.1. The summed E-state index contributed by atoms with van der Waals surface area (Å²) in [5.74, 6) is -0.0563. The third-order valence-electron chi connectivity index (χ3n) is 3.53. The standard InChI is InChI=1S/C16H11ClN2OS2/c17-13-6-5-10(21-13)8-14(20)18-16-19-15-11-4-2-1-3-9(11)7-12(15)22-16/h1-6H,7-8H2,(H,18,19,20). The molecule has 0 saturated carbocycles. The van der Waals surface area contributed by atoms with Gasteiger partial charge in [0.25, 0.3) is 0 Å². The van der Waals surface area contributed by atoms with Crippen LogP contribution in [-0.2, 0) is 17.6 Å². The largest absolute Gasteiger partial charge is 0.302 e. The molecule has 2 aromatic heterocycles. The van der Waals surface area contributed by atoms with Crippen LogP contribution in [0.5, 0.6) is 0 Å². The van der Waals surface area contributed by atoms with Crippen molar-refractivity contribution in [2.45, 2.75) is 12.8 Å². The molecule has 6 heteroatoms. The van der Waals surface area contributed by atoms with Crippen LogP contribution < -0.4 is 5.32 Å². The normalized spacial score (nSPS) is 12.0. The average Bonchev–Trinajstić information content (AvgIpc) is 3.13. The van der Waals surface area contributed by atoms with Crippen LogP contribution in [0.1, 0.15) is 15.3 Å². The predicted molar refractivity (Wildman–Crippen MR) is 92.0 cm³/mol. The second-order valence-electron chi connectivity index (χ2n) is 5.06. The Morgan fingerprint density at radius 2 is 2.09 bits per heavy atom. The second kappa shape index (κ2) is 5.50. The molecule has 1 N–H and O–H groups in total. The van der Waals surface area contributed by atoms with Gasteiger partial charge in [0.15, 0.2) is 5.13 Å². The van der Waals surface area contributed by atoms with Crippen molar-refractivity contribution in [1.29, 1.82) is 0 Å². The number of carbonyl (C=O) groups excluding carboxylic acids is 1. The molecule has 110 valence electrons. The molecule has 0 unspecified atom stereocenters. The summed E-state index contributed by atoms with van der Waals surface area (Å²) in [6.45, 7) is 0. The number of hydrogen-bond acceptors (Lipinski definition) is 4. The van der Waals surface area contributed by atoms with E-state index in [4.69, 9.17) is 11.6 Å². The van der Waals surface area contributed by atoms with Gasteiger partial charge in [-0.25, -0.2) is 4.98 Å². The Balaban J connectivity index is 1.51. The number of anilines is 1. The molecule has 3 nitrogen and oxygen atoms in total. The van der Waals surface area contributed by atoms with E-state index in [0.29, 0.717) is 15.9 Å². The van der Waals surface area contributed by atoms with Gasteiger partial charge in [-0.15, -0.1) is 22.7 Å². The van der Waals surface area contributed by atoms with Crippen molar-refractivity contribution in [1.82, 2.24) is 4.98 Å². The monoisotopic (exact) mass is 346 g/mol. The van der Waals surface area contributed by atoms with Gasteiger partial charge in [0, 0.05) is 21.7 Å². The van der Waals surface area contributed by atoms with Gasteiger partial charge in [0.1, 0.15) is 0 Å². The quantitative estimate of drug-likeness (QED) is 0.588. The minimum Gasteiger partial charge on any atom is -0.302 e. The van der Waals surface area contributed by atoms with Gasteiger partial charge < -0.3 is 5.32 Å². The summed E-state index contributed by atoms with van der Waals surface area (Å²) in [6.07, 6.45) is 1.23. The van der Waals surface area contributed by atoms with E-state index in [9.17, 15) is 4.79 Å². The van der Waals surface area contributed by atoms with Crippen LogP contribution in [0.3, 0.4) is 0 Å². The summed E-state index contributed by atoms with van der Waals surface area (Å²) in [5, 5.41) is 3.57. The summed E-state index contributed by atoms with van der Waals surface area (Å²) >= 11 is 8.86. The SMILES string of the molecule is O=C(Cc1ccc(Cl)s1)Nc1nc2c(s1)Cc1ccccc1-2. The van der Waals surface area contributed by atoms with Gasteiger partial charge in [-0.2, -0.15) is 0 Å². The molecule has 0 spiro atoms. The maximum Gasteiger partial charge on any atom is 0.231 e. The van der Waals surface area contributed by atoms with E-state index < -0.39 is 0 Å². The lowest BCUT2D eigenvalue weighted by Gasteiger charge is -2.01. The van der Waals surface area contributed by atoms with Crippen LogP contribution in [0.25, 0.3) is 11.3 Å². The van der Waals surface area contributed by atoms with Gasteiger partial charge in [-0.1, -0.05) is 35.9 Å². The number of fused-ring (bicyclic) bond motifs is 3. The first kappa shape index (κ1) is 13.9. The van der Waals surface area contributed by atoms with Crippen LogP contribution >= 0.6 is 34.3 Å². The number of nitrogens with zero attached hydrogens (tertiary/aromatic N) is 1. The molecule has 1 amide bonds. The fourth-order valence-electron chi connectivity index (χ4n) is 2.58. The first-order chi connectivity index (χ1) is 10.7. The second-order valence-corrected chi connectivity index (χ2v) is 7.94. The zero-order valence-electron chi connectivity index (χ0n) is 11.4. The van der Waals surface area contributed by atoms with Crippen molar-refractivity contribution in [3.63, 3.8) is 0 Å². The molecule has 2 heterocycles. The molecule has 22 heavy (non-hydrogen) atoms. The number of rotatable bonds is 3. The topological polar surface area (TPSA) is 42.0 Å². The fraction of sp³-hybridized carbons (Fsp3) is 0.125. The van der Waals surface area contributed by atoms with Crippen LogP contribution in [0.15, 0.2) is 36.4 Å². The Labute approximate surface area is 140 Å². The first-order valence-electron chi connectivity index (χ1n) is 6.81. The molecule has 0 aliphatic heterocycles. The minimum atomic E-state index is -0.0563. The lowest BCUT2D eigenvalue weighted by Crippen LogP contribution is -2.13. The van der Waals surface area contributed by atoms with Crippen molar-refractivity contribution in [2.24, 2.45) is 0 Å². The van der Waals surface area contributed by atoms with E-state index in [-0.39, 0.29) is 5.91 Å². The van der Waals surface area contributed by atoms with E-state index >= 15 is 0 Å². The van der Waals surface area contributed by atoms with Gasteiger partial charge in [-0.3, -0.25) is 4.79 Å². The van der Waals surface area contributed by atoms with E-state index in [1.165, 1.54) is 27.3 Å².